The maximum Gasteiger partial charge on any atom is 0.247 e. The van der Waals surface area contributed by atoms with Gasteiger partial charge in [-0.05, 0) is 36.6 Å². The second kappa shape index (κ2) is 8.12. The molecule has 0 aliphatic heterocycles. The van der Waals surface area contributed by atoms with Gasteiger partial charge in [-0.1, -0.05) is 64.1 Å². The minimum absolute atomic E-state index is 0.520. The summed E-state index contributed by atoms with van der Waals surface area (Å²) in [4.78, 5) is 0. The average Bonchev–Trinajstić information content (AvgIpc) is 3.34. The quantitative estimate of drug-likeness (QED) is 0.343. The second-order valence-corrected chi connectivity index (χ2v) is 8.84. The van der Waals surface area contributed by atoms with Gasteiger partial charge < -0.3 is 8.98 Å². The van der Waals surface area contributed by atoms with Crippen molar-refractivity contribution >= 4 is 27.7 Å². The number of hydrogen-bond donors (Lipinski definition) is 0. The zero-order chi connectivity index (χ0) is 19.6. The normalized spacial score (nSPS) is 13.7. The Balaban J connectivity index is 1.33. The van der Waals surface area contributed by atoms with E-state index in [2.05, 4.69) is 65.2 Å². The fraction of sp³-hybridized carbons (Fsp3) is 0.238. The van der Waals surface area contributed by atoms with Crippen molar-refractivity contribution in [1.82, 2.24) is 25.0 Å². The summed E-state index contributed by atoms with van der Waals surface area (Å²) in [5.41, 5.74) is 2.14. The first kappa shape index (κ1) is 18.6. The van der Waals surface area contributed by atoms with Crippen LogP contribution in [0.15, 0.2) is 68.6 Å². The lowest BCUT2D eigenvalue weighted by molar-refractivity contribution is 0.528. The van der Waals surface area contributed by atoms with E-state index in [4.69, 9.17) is 4.42 Å². The fourth-order valence-electron chi connectivity index (χ4n) is 3.14. The van der Waals surface area contributed by atoms with Crippen molar-refractivity contribution in [1.29, 1.82) is 0 Å². The Kier molecular flexibility index (Phi) is 5.20. The predicted octanol–water partition coefficient (Wildman–Crippen LogP) is 5.31. The fourth-order valence-corrected chi connectivity index (χ4v) is 4.32. The number of rotatable bonds is 7. The van der Waals surface area contributed by atoms with Crippen molar-refractivity contribution in [2.45, 2.75) is 36.2 Å². The van der Waals surface area contributed by atoms with E-state index in [-0.39, 0.29) is 0 Å². The lowest BCUT2D eigenvalue weighted by atomic mass is 10.2. The molecule has 1 aliphatic rings. The molecule has 0 bridgehead atoms. The molecule has 0 radical (unpaired) electrons. The number of nitrogens with zero attached hydrogens (tertiary/aromatic N) is 5. The number of thioether (sulfide) groups is 1. The van der Waals surface area contributed by atoms with E-state index in [9.17, 15) is 0 Å². The lowest BCUT2D eigenvalue weighted by Crippen LogP contribution is -2.06. The van der Waals surface area contributed by atoms with Crippen molar-refractivity contribution in [2.75, 3.05) is 0 Å². The largest absolute Gasteiger partial charge is 0.420 e. The molecule has 0 unspecified atom stereocenters. The van der Waals surface area contributed by atoms with Crippen LogP contribution >= 0.6 is 27.7 Å². The van der Waals surface area contributed by atoms with Crippen molar-refractivity contribution < 1.29 is 4.42 Å². The van der Waals surface area contributed by atoms with Crippen LogP contribution in [0.4, 0.5) is 0 Å². The van der Waals surface area contributed by atoms with Crippen LogP contribution in [0.1, 0.15) is 36.0 Å². The molecule has 6 nitrogen and oxygen atoms in total. The summed E-state index contributed by atoms with van der Waals surface area (Å²) in [6.07, 6.45) is 2.38. The summed E-state index contributed by atoms with van der Waals surface area (Å²) in [6, 6.07) is 18.2. The Morgan fingerprint density at radius 1 is 1.00 bits per heavy atom. The maximum atomic E-state index is 5.85. The molecular formula is C21H18BrN5OS. The summed E-state index contributed by atoms with van der Waals surface area (Å²) in [5.74, 6) is 3.26. The Bertz CT molecular complexity index is 1120. The molecule has 29 heavy (non-hydrogen) atoms. The molecule has 1 saturated carbocycles. The van der Waals surface area contributed by atoms with Gasteiger partial charge in [-0.2, -0.15) is 0 Å². The monoisotopic (exact) mass is 467 g/mol. The van der Waals surface area contributed by atoms with E-state index < -0.39 is 0 Å². The Morgan fingerprint density at radius 3 is 2.66 bits per heavy atom. The molecule has 1 aliphatic carbocycles. The van der Waals surface area contributed by atoms with Gasteiger partial charge in [-0.15, -0.1) is 20.4 Å². The highest BCUT2D eigenvalue weighted by molar-refractivity contribution is 9.10. The van der Waals surface area contributed by atoms with Crippen LogP contribution in [-0.2, 0) is 12.3 Å². The van der Waals surface area contributed by atoms with E-state index in [0.717, 1.165) is 27.6 Å². The third-order valence-corrected chi connectivity index (χ3v) is 6.18. The SMILES string of the molecule is Brc1cccc(-c2nnc(CSc3nnc(C4CC4)n3Cc3ccccc3)o2)c1. The number of halogens is 1. The maximum absolute atomic E-state index is 5.85. The van der Waals surface area contributed by atoms with Crippen LogP contribution in [0.2, 0.25) is 0 Å². The molecule has 2 heterocycles. The van der Waals surface area contributed by atoms with Gasteiger partial charge in [0.15, 0.2) is 5.16 Å². The van der Waals surface area contributed by atoms with Gasteiger partial charge in [0.1, 0.15) is 5.82 Å². The third kappa shape index (κ3) is 4.28. The highest BCUT2D eigenvalue weighted by atomic mass is 79.9. The van der Waals surface area contributed by atoms with Crippen molar-refractivity contribution in [3.05, 3.63) is 76.3 Å². The highest BCUT2D eigenvalue weighted by Crippen LogP contribution is 2.40. The first-order chi connectivity index (χ1) is 14.3. The summed E-state index contributed by atoms with van der Waals surface area (Å²) in [5, 5.41) is 18.2. The van der Waals surface area contributed by atoms with Crippen LogP contribution in [0, 0.1) is 0 Å². The summed E-state index contributed by atoms with van der Waals surface area (Å²) in [7, 11) is 0. The Morgan fingerprint density at radius 2 is 1.86 bits per heavy atom. The summed E-state index contributed by atoms with van der Waals surface area (Å²) >= 11 is 5.05. The van der Waals surface area contributed by atoms with Crippen molar-refractivity contribution in [2.24, 2.45) is 0 Å². The molecule has 4 aromatic rings. The van der Waals surface area contributed by atoms with Gasteiger partial charge in [0.2, 0.25) is 11.8 Å². The Labute approximate surface area is 180 Å². The van der Waals surface area contributed by atoms with Gasteiger partial charge >= 0.3 is 0 Å². The third-order valence-electron chi connectivity index (χ3n) is 4.73. The van der Waals surface area contributed by atoms with E-state index in [0.29, 0.717) is 23.5 Å². The first-order valence-corrected chi connectivity index (χ1v) is 11.2. The van der Waals surface area contributed by atoms with Crippen molar-refractivity contribution in [3.8, 4) is 11.5 Å². The van der Waals surface area contributed by atoms with Gasteiger partial charge in [-0.25, -0.2) is 0 Å². The molecule has 1 fully saturated rings. The molecule has 2 aromatic heterocycles. The smallest absolute Gasteiger partial charge is 0.247 e. The first-order valence-electron chi connectivity index (χ1n) is 9.44. The second-order valence-electron chi connectivity index (χ2n) is 6.99. The molecule has 2 aromatic carbocycles. The van der Waals surface area contributed by atoms with E-state index in [1.807, 2.05) is 30.3 Å². The van der Waals surface area contributed by atoms with E-state index in [1.54, 1.807) is 11.8 Å². The number of aromatic nitrogens is 5. The van der Waals surface area contributed by atoms with Crippen LogP contribution < -0.4 is 0 Å². The number of benzene rings is 2. The van der Waals surface area contributed by atoms with Gasteiger partial charge in [0, 0.05) is 16.0 Å². The topological polar surface area (TPSA) is 69.6 Å². The predicted molar refractivity (Wildman–Crippen MR) is 115 cm³/mol. The van der Waals surface area contributed by atoms with Gasteiger partial charge in [0.05, 0.1) is 12.3 Å². The molecule has 0 saturated heterocycles. The summed E-state index contributed by atoms with van der Waals surface area (Å²) < 4.78 is 9.05. The Hall–Kier alpha value is -2.45. The molecule has 0 amide bonds. The zero-order valence-corrected chi connectivity index (χ0v) is 17.9. The standard InChI is InChI=1S/C21H18BrN5OS/c22-17-8-4-7-16(11-17)20-25-23-18(28-20)13-29-21-26-24-19(15-9-10-15)27(21)12-14-5-2-1-3-6-14/h1-8,11,15H,9-10,12-13H2. The van der Waals surface area contributed by atoms with Crippen LogP contribution in [0.3, 0.4) is 0 Å². The summed E-state index contributed by atoms with van der Waals surface area (Å²) in [6.45, 7) is 0.773. The van der Waals surface area contributed by atoms with E-state index in [1.165, 1.54) is 18.4 Å². The average molecular weight is 468 g/mol. The molecule has 146 valence electrons. The van der Waals surface area contributed by atoms with Gasteiger partial charge in [-0.3, -0.25) is 0 Å². The van der Waals surface area contributed by atoms with Crippen LogP contribution in [0.25, 0.3) is 11.5 Å². The minimum atomic E-state index is 0.520. The molecule has 0 N–H and O–H groups in total. The van der Waals surface area contributed by atoms with Crippen molar-refractivity contribution in [3.63, 3.8) is 0 Å². The molecule has 0 spiro atoms. The van der Waals surface area contributed by atoms with E-state index >= 15 is 0 Å². The zero-order valence-electron chi connectivity index (χ0n) is 15.5. The number of hydrogen-bond acceptors (Lipinski definition) is 6. The minimum Gasteiger partial charge on any atom is -0.420 e. The molecule has 5 rings (SSSR count). The lowest BCUT2D eigenvalue weighted by Gasteiger charge is -2.09. The molecule has 0 atom stereocenters. The molecular weight excluding hydrogens is 450 g/mol. The van der Waals surface area contributed by atoms with Gasteiger partial charge in [0.25, 0.3) is 0 Å². The highest BCUT2D eigenvalue weighted by Gasteiger charge is 2.30. The van der Waals surface area contributed by atoms with Crippen LogP contribution in [0.5, 0.6) is 0 Å². The molecule has 8 heteroatoms. The van der Waals surface area contributed by atoms with Crippen LogP contribution in [-0.4, -0.2) is 25.0 Å².